The summed E-state index contributed by atoms with van der Waals surface area (Å²) in [7, 11) is 0. The fourth-order valence-electron chi connectivity index (χ4n) is 0.877. The van der Waals surface area contributed by atoms with E-state index in [-0.39, 0.29) is 0 Å². The van der Waals surface area contributed by atoms with E-state index in [9.17, 15) is 0 Å². The molecule has 1 aromatic heterocycles. The van der Waals surface area contributed by atoms with E-state index in [0.717, 1.165) is 0 Å². The Morgan fingerprint density at radius 1 is 1.54 bits per heavy atom. The maximum Gasteiger partial charge on any atom is 0.129 e. The number of nitrogens with one attached hydrogen (secondary N) is 1. The molecule has 0 aliphatic rings. The molecular formula is C10H13N3. The molecule has 3 nitrogen and oxygen atoms in total. The summed E-state index contributed by atoms with van der Waals surface area (Å²) in [5, 5.41) is 3.08. The van der Waals surface area contributed by atoms with E-state index < -0.39 is 5.54 Å². The summed E-state index contributed by atoms with van der Waals surface area (Å²) in [4.78, 5) is 4.08. The molecule has 0 aliphatic heterocycles. The van der Waals surface area contributed by atoms with Gasteiger partial charge in [0.25, 0.3) is 0 Å². The lowest BCUT2D eigenvalue weighted by atomic mass is 10.1. The van der Waals surface area contributed by atoms with Crippen LogP contribution in [0.2, 0.25) is 0 Å². The number of hydrogen-bond acceptors (Lipinski definition) is 3. The Morgan fingerprint density at radius 2 is 2.23 bits per heavy atom. The second kappa shape index (κ2) is 3.36. The number of terminal acetylenes is 1. The van der Waals surface area contributed by atoms with Gasteiger partial charge in [-0.25, -0.2) is 4.98 Å². The minimum absolute atomic E-state index is 0.402. The van der Waals surface area contributed by atoms with Gasteiger partial charge in [0.2, 0.25) is 0 Å². The van der Waals surface area contributed by atoms with Gasteiger partial charge in [0.15, 0.2) is 0 Å². The zero-order chi connectivity index (χ0) is 9.90. The summed E-state index contributed by atoms with van der Waals surface area (Å²) in [6, 6.07) is 5.39. The zero-order valence-corrected chi connectivity index (χ0v) is 7.83. The molecule has 0 spiro atoms. The van der Waals surface area contributed by atoms with Crippen LogP contribution in [0.15, 0.2) is 18.2 Å². The van der Waals surface area contributed by atoms with Crippen molar-refractivity contribution in [3.05, 3.63) is 18.2 Å². The molecule has 0 atom stereocenters. The SMILES string of the molecule is C#CC(C)(C)Nc1cccc(N)n1. The van der Waals surface area contributed by atoms with E-state index >= 15 is 0 Å². The van der Waals surface area contributed by atoms with Gasteiger partial charge in [-0.2, -0.15) is 0 Å². The van der Waals surface area contributed by atoms with Crippen LogP contribution in [0.3, 0.4) is 0 Å². The average molecular weight is 175 g/mol. The van der Waals surface area contributed by atoms with Crippen molar-refractivity contribution in [2.75, 3.05) is 11.1 Å². The van der Waals surface area contributed by atoms with E-state index in [2.05, 4.69) is 16.2 Å². The fourth-order valence-corrected chi connectivity index (χ4v) is 0.877. The molecule has 0 radical (unpaired) electrons. The number of nitrogen functional groups attached to an aromatic ring is 1. The molecule has 0 aliphatic carbocycles. The second-order valence-corrected chi connectivity index (χ2v) is 3.34. The number of anilines is 2. The normalized spacial score (nSPS) is 10.5. The van der Waals surface area contributed by atoms with Gasteiger partial charge in [-0.1, -0.05) is 12.0 Å². The molecule has 1 rings (SSSR count). The van der Waals surface area contributed by atoms with Gasteiger partial charge in [0.1, 0.15) is 11.6 Å². The Kier molecular flexibility index (Phi) is 2.43. The Hall–Kier alpha value is -1.69. The highest BCUT2D eigenvalue weighted by atomic mass is 15.1. The molecule has 0 amide bonds. The van der Waals surface area contributed by atoms with Gasteiger partial charge >= 0.3 is 0 Å². The van der Waals surface area contributed by atoms with E-state index in [1.807, 2.05) is 26.0 Å². The Morgan fingerprint density at radius 3 is 2.77 bits per heavy atom. The lowest BCUT2D eigenvalue weighted by molar-refractivity contribution is 0.736. The first-order valence-corrected chi connectivity index (χ1v) is 4.02. The third-order valence-electron chi connectivity index (χ3n) is 1.57. The van der Waals surface area contributed by atoms with Crippen molar-refractivity contribution in [2.45, 2.75) is 19.4 Å². The molecular weight excluding hydrogens is 162 g/mol. The summed E-state index contributed by atoms with van der Waals surface area (Å²) in [5.41, 5.74) is 5.11. The molecule has 1 aromatic rings. The van der Waals surface area contributed by atoms with Crippen molar-refractivity contribution >= 4 is 11.6 Å². The topological polar surface area (TPSA) is 50.9 Å². The molecule has 0 unspecified atom stereocenters. The van der Waals surface area contributed by atoms with Crippen LogP contribution >= 0.6 is 0 Å². The van der Waals surface area contributed by atoms with Crippen LogP contribution in [-0.2, 0) is 0 Å². The highest BCUT2D eigenvalue weighted by Gasteiger charge is 2.13. The van der Waals surface area contributed by atoms with Crippen molar-refractivity contribution in [3.63, 3.8) is 0 Å². The first-order chi connectivity index (χ1) is 6.03. The third-order valence-corrected chi connectivity index (χ3v) is 1.57. The maximum atomic E-state index is 5.52. The molecule has 1 heterocycles. The third kappa shape index (κ3) is 2.68. The van der Waals surface area contributed by atoms with Gasteiger partial charge < -0.3 is 11.1 Å². The van der Waals surface area contributed by atoms with Crippen LogP contribution in [-0.4, -0.2) is 10.5 Å². The quantitative estimate of drug-likeness (QED) is 0.669. The Balaban J connectivity index is 2.82. The number of pyridine rings is 1. The number of rotatable bonds is 2. The lowest BCUT2D eigenvalue weighted by Crippen LogP contribution is -2.28. The average Bonchev–Trinajstić information content (AvgIpc) is 2.03. The predicted octanol–water partition coefficient (Wildman–Crippen LogP) is 1.49. The molecule has 0 saturated heterocycles. The summed E-state index contributed by atoms with van der Waals surface area (Å²) >= 11 is 0. The van der Waals surface area contributed by atoms with Crippen LogP contribution in [0.1, 0.15) is 13.8 Å². The highest BCUT2D eigenvalue weighted by Crippen LogP contribution is 2.12. The van der Waals surface area contributed by atoms with Gasteiger partial charge in [-0.3, -0.25) is 0 Å². The summed E-state index contributed by atoms with van der Waals surface area (Å²) in [6.45, 7) is 3.80. The van der Waals surface area contributed by atoms with Gasteiger partial charge in [-0.15, -0.1) is 6.42 Å². The lowest BCUT2D eigenvalue weighted by Gasteiger charge is -2.20. The number of aromatic nitrogens is 1. The standard InChI is InChI=1S/C10H13N3/c1-4-10(2,3)13-9-7-5-6-8(11)12-9/h1,5-7H,2-3H3,(H3,11,12,13). The monoisotopic (exact) mass is 175 g/mol. The van der Waals surface area contributed by atoms with Crippen molar-refractivity contribution in [1.82, 2.24) is 4.98 Å². The molecule has 3 heteroatoms. The minimum Gasteiger partial charge on any atom is -0.384 e. The van der Waals surface area contributed by atoms with Gasteiger partial charge in [0.05, 0.1) is 5.54 Å². The van der Waals surface area contributed by atoms with Crippen molar-refractivity contribution in [1.29, 1.82) is 0 Å². The van der Waals surface area contributed by atoms with Gasteiger partial charge in [-0.05, 0) is 26.0 Å². The van der Waals surface area contributed by atoms with Crippen molar-refractivity contribution in [2.24, 2.45) is 0 Å². The van der Waals surface area contributed by atoms with Gasteiger partial charge in [0, 0.05) is 0 Å². The largest absolute Gasteiger partial charge is 0.384 e. The highest BCUT2D eigenvalue weighted by molar-refractivity contribution is 5.45. The summed E-state index contributed by atoms with van der Waals surface area (Å²) in [5.74, 6) is 3.80. The molecule has 3 N–H and O–H groups in total. The van der Waals surface area contributed by atoms with Crippen LogP contribution in [0.5, 0.6) is 0 Å². The van der Waals surface area contributed by atoms with E-state index in [1.54, 1.807) is 6.07 Å². The fraction of sp³-hybridized carbons (Fsp3) is 0.300. The maximum absolute atomic E-state index is 5.52. The van der Waals surface area contributed by atoms with E-state index in [0.29, 0.717) is 11.6 Å². The first-order valence-electron chi connectivity index (χ1n) is 4.02. The van der Waals surface area contributed by atoms with E-state index in [1.165, 1.54) is 0 Å². The summed E-state index contributed by atoms with van der Waals surface area (Å²) in [6.07, 6.45) is 5.32. The van der Waals surface area contributed by atoms with Crippen LogP contribution in [0.25, 0.3) is 0 Å². The molecule has 0 saturated carbocycles. The van der Waals surface area contributed by atoms with Crippen LogP contribution in [0.4, 0.5) is 11.6 Å². The Bertz CT molecular complexity index is 336. The predicted molar refractivity (Wildman–Crippen MR) is 55.2 cm³/mol. The minimum atomic E-state index is -0.402. The smallest absolute Gasteiger partial charge is 0.129 e. The second-order valence-electron chi connectivity index (χ2n) is 3.34. The molecule has 0 bridgehead atoms. The molecule has 0 fully saturated rings. The first kappa shape index (κ1) is 9.40. The number of nitrogens with zero attached hydrogens (tertiary/aromatic N) is 1. The number of hydrogen-bond donors (Lipinski definition) is 2. The summed E-state index contributed by atoms with van der Waals surface area (Å²) < 4.78 is 0. The Labute approximate surface area is 78.4 Å². The van der Waals surface area contributed by atoms with E-state index in [4.69, 9.17) is 12.2 Å². The van der Waals surface area contributed by atoms with Crippen LogP contribution in [0, 0.1) is 12.3 Å². The van der Waals surface area contributed by atoms with Crippen molar-refractivity contribution < 1.29 is 0 Å². The molecule has 0 aromatic carbocycles. The molecule has 13 heavy (non-hydrogen) atoms. The zero-order valence-electron chi connectivity index (χ0n) is 7.83. The van der Waals surface area contributed by atoms with Crippen molar-refractivity contribution in [3.8, 4) is 12.3 Å². The van der Waals surface area contributed by atoms with Crippen LogP contribution < -0.4 is 11.1 Å². The number of nitrogens with two attached hydrogens (primary N) is 1. The molecule has 68 valence electrons.